The highest BCUT2D eigenvalue weighted by Crippen LogP contribution is 2.31. The summed E-state index contributed by atoms with van der Waals surface area (Å²) in [6.07, 6.45) is 5.69. The van der Waals surface area contributed by atoms with E-state index in [-0.39, 0.29) is 17.6 Å². The Morgan fingerprint density at radius 3 is 2.38 bits per heavy atom. The summed E-state index contributed by atoms with van der Waals surface area (Å²) in [7, 11) is 0. The van der Waals surface area contributed by atoms with Crippen LogP contribution in [0.4, 0.5) is 10.2 Å². The van der Waals surface area contributed by atoms with Crippen LogP contribution >= 0.6 is 0 Å². The van der Waals surface area contributed by atoms with E-state index in [9.17, 15) is 9.18 Å². The quantitative estimate of drug-likeness (QED) is 0.593. The number of anilines is 1. The second-order valence-corrected chi connectivity index (χ2v) is 7.89. The molecule has 32 heavy (non-hydrogen) atoms. The molecule has 2 heterocycles. The summed E-state index contributed by atoms with van der Waals surface area (Å²) in [6.45, 7) is 3.90. The normalized spacial score (nSPS) is 14.2. The highest BCUT2D eigenvalue weighted by molar-refractivity contribution is 5.79. The van der Waals surface area contributed by atoms with Gasteiger partial charge in [-0.05, 0) is 54.7 Å². The molecule has 1 aromatic heterocycles. The third-order valence-corrected chi connectivity index (χ3v) is 5.74. The minimum atomic E-state index is -0.280. The molecule has 1 amide bonds. The van der Waals surface area contributed by atoms with Crippen LogP contribution in [0.15, 0.2) is 60.9 Å². The second kappa shape index (κ2) is 10.2. The predicted octanol–water partition coefficient (Wildman–Crippen LogP) is 4.50. The van der Waals surface area contributed by atoms with Crippen LogP contribution in [-0.4, -0.2) is 29.0 Å². The number of benzene rings is 2. The molecule has 1 N–H and O–H groups in total. The van der Waals surface area contributed by atoms with Crippen molar-refractivity contribution in [2.24, 2.45) is 5.92 Å². The SMILES string of the molecule is CCc1ccc(Oc2nccnc2N2CCC(C(=O)NCc3ccc(F)cc3)CC2)cc1. The molecule has 1 fully saturated rings. The first-order chi connectivity index (χ1) is 15.6. The van der Waals surface area contributed by atoms with Crippen LogP contribution in [0, 0.1) is 11.7 Å². The number of piperidine rings is 1. The summed E-state index contributed by atoms with van der Waals surface area (Å²) in [5, 5.41) is 2.96. The zero-order chi connectivity index (χ0) is 22.3. The first-order valence-corrected chi connectivity index (χ1v) is 11.0. The number of ether oxygens (including phenoxy) is 1. The summed E-state index contributed by atoms with van der Waals surface area (Å²) in [4.78, 5) is 23.6. The van der Waals surface area contributed by atoms with E-state index in [0.29, 0.717) is 31.3 Å². The van der Waals surface area contributed by atoms with Crippen molar-refractivity contribution in [3.63, 3.8) is 0 Å². The van der Waals surface area contributed by atoms with Crippen LogP contribution in [0.3, 0.4) is 0 Å². The third kappa shape index (κ3) is 5.41. The molecule has 0 bridgehead atoms. The molecule has 0 atom stereocenters. The minimum Gasteiger partial charge on any atom is -0.436 e. The maximum atomic E-state index is 13.0. The van der Waals surface area contributed by atoms with Crippen molar-refractivity contribution < 1.29 is 13.9 Å². The number of hydrogen-bond acceptors (Lipinski definition) is 5. The van der Waals surface area contributed by atoms with Crippen molar-refractivity contribution in [1.82, 2.24) is 15.3 Å². The number of carbonyl (C=O) groups excluding carboxylic acids is 1. The van der Waals surface area contributed by atoms with E-state index in [2.05, 4.69) is 27.1 Å². The van der Waals surface area contributed by atoms with Crippen molar-refractivity contribution in [3.8, 4) is 11.6 Å². The highest BCUT2D eigenvalue weighted by atomic mass is 19.1. The monoisotopic (exact) mass is 434 g/mol. The third-order valence-electron chi connectivity index (χ3n) is 5.74. The molecule has 1 aliphatic rings. The Balaban J connectivity index is 1.33. The lowest BCUT2D eigenvalue weighted by atomic mass is 9.96. The zero-order valence-electron chi connectivity index (χ0n) is 18.1. The van der Waals surface area contributed by atoms with Gasteiger partial charge < -0.3 is 15.0 Å². The fraction of sp³-hybridized carbons (Fsp3) is 0.320. The van der Waals surface area contributed by atoms with E-state index in [4.69, 9.17) is 4.74 Å². The van der Waals surface area contributed by atoms with Gasteiger partial charge in [-0.15, -0.1) is 0 Å². The molecule has 1 saturated heterocycles. The fourth-order valence-corrected chi connectivity index (χ4v) is 3.80. The number of carbonyl (C=O) groups is 1. The van der Waals surface area contributed by atoms with Gasteiger partial charge >= 0.3 is 0 Å². The van der Waals surface area contributed by atoms with E-state index < -0.39 is 0 Å². The Hall–Kier alpha value is -3.48. The summed E-state index contributed by atoms with van der Waals surface area (Å²) in [6, 6.07) is 14.1. The largest absolute Gasteiger partial charge is 0.436 e. The van der Waals surface area contributed by atoms with E-state index in [0.717, 1.165) is 30.6 Å². The number of hydrogen-bond donors (Lipinski definition) is 1. The molecule has 0 radical (unpaired) electrons. The number of amides is 1. The summed E-state index contributed by atoms with van der Waals surface area (Å²) in [5.74, 6) is 1.57. The molecule has 3 aromatic rings. The summed E-state index contributed by atoms with van der Waals surface area (Å²) >= 11 is 0. The Morgan fingerprint density at radius 2 is 1.69 bits per heavy atom. The molecule has 6 nitrogen and oxygen atoms in total. The van der Waals surface area contributed by atoms with Gasteiger partial charge in [0.1, 0.15) is 11.6 Å². The van der Waals surface area contributed by atoms with Crippen molar-refractivity contribution in [2.75, 3.05) is 18.0 Å². The summed E-state index contributed by atoms with van der Waals surface area (Å²) in [5.41, 5.74) is 2.13. The minimum absolute atomic E-state index is 0.0283. The molecule has 4 rings (SSSR count). The van der Waals surface area contributed by atoms with E-state index in [1.165, 1.54) is 17.7 Å². The maximum Gasteiger partial charge on any atom is 0.263 e. The van der Waals surface area contributed by atoms with Gasteiger partial charge in [0.2, 0.25) is 5.91 Å². The first kappa shape index (κ1) is 21.7. The van der Waals surface area contributed by atoms with Gasteiger partial charge in [0.25, 0.3) is 5.88 Å². The van der Waals surface area contributed by atoms with Gasteiger partial charge in [-0.2, -0.15) is 0 Å². The molecule has 0 spiro atoms. The molecule has 0 unspecified atom stereocenters. The lowest BCUT2D eigenvalue weighted by Gasteiger charge is -2.32. The predicted molar refractivity (Wildman–Crippen MR) is 121 cm³/mol. The van der Waals surface area contributed by atoms with Crippen LogP contribution in [0.25, 0.3) is 0 Å². The highest BCUT2D eigenvalue weighted by Gasteiger charge is 2.27. The Kier molecular flexibility index (Phi) is 6.94. The molecule has 2 aromatic carbocycles. The van der Waals surface area contributed by atoms with E-state index in [1.807, 2.05) is 24.3 Å². The van der Waals surface area contributed by atoms with Crippen molar-refractivity contribution in [3.05, 3.63) is 77.9 Å². The van der Waals surface area contributed by atoms with Gasteiger partial charge in [-0.3, -0.25) is 4.79 Å². The smallest absolute Gasteiger partial charge is 0.263 e. The van der Waals surface area contributed by atoms with Gasteiger partial charge in [0.05, 0.1) is 0 Å². The second-order valence-electron chi connectivity index (χ2n) is 7.89. The first-order valence-electron chi connectivity index (χ1n) is 11.0. The van der Waals surface area contributed by atoms with Crippen LogP contribution in [-0.2, 0) is 17.8 Å². The Labute approximate surface area is 187 Å². The molecule has 0 saturated carbocycles. The lowest BCUT2D eigenvalue weighted by molar-refractivity contribution is -0.125. The molecular formula is C25H27FN4O2. The maximum absolute atomic E-state index is 13.0. The molecule has 1 aliphatic heterocycles. The number of halogens is 1. The van der Waals surface area contributed by atoms with Crippen LogP contribution in [0.1, 0.15) is 30.9 Å². The number of aromatic nitrogens is 2. The van der Waals surface area contributed by atoms with Crippen LogP contribution < -0.4 is 15.0 Å². The number of rotatable bonds is 7. The van der Waals surface area contributed by atoms with Crippen LogP contribution in [0.5, 0.6) is 11.6 Å². The average Bonchev–Trinajstić information content (AvgIpc) is 2.84. The van der Waals surface area contributed by atoms with Crippen molar-refractivity contribution in [1.29, 1.82) is 0 Å². The van der Waals surface area contributed by atoms with E-state index >= 15 is 0 Å². The van der Waals surface area contributed by atoms with Crippen molar-refractivity contribution in [2.45, 2.75) is 32.7 Å². The molecular weight excluding hydrogens is 407 g/mol. The fourth-order valence-electron chi connectivity index (χ4n) is 3.80. The number of nitrogens with one attached hydrogen (secondary N) is 1. The van der Waals surface area contributed by atoms with Gasteiger partial charge in [-0.25, -0.2) is 14.4 Å². The molecule has 166 valence electrons. The molecule has 7 heteroatoms. The van der Waals surface area contributed by atoms with Gasteiger partial charge in [0.15, 0.2) is 5.82 Å². The Morgan fingerprint density at radius 1 is 1.03 bits per heavy atom. The lowest BCUT2D eigenvalue weighted by Crippen LogP contribution is -2.40. The Bertz CT molecular complexity index is 1030. The zero-order valence-corrected chi connectivity index (χ0v) is 18.1. The van der Waals surface area contributed by atoms with Crippen molar-refractivity contribution >= 4 is 11.7 Å². The average molecular weight is 435 g/mol. The van der Waals surface area contributed by atoms with E-state index in [1.54, 1.807) is 24.5 Å². The topological polar surface area (TPSA) is 67.4 Å². The van der Waals surface area contributed by atoms with Crippen LogP contribution in [0.2, 0.25) is 0 Å². The number of nitrogens with zero attached hydrogens (tertiary/aromatic N) is 3. The number of aryl methyl sites for hydroxylation is 1. The molecule has 0 aliphatic carbocycles. The van der Waals surface area contributed by atoms with Gasteiger partial charge in [0, 0.05) is 37.9 Å². The summed E-state index contributed by atoms with van der Waals surface area (Å²) < 4.78 is 19.0. The standard InChI is InChI=1S/C25H27FN4O2/c1-2-18-5-9-22(10-6-18)32-25-23(27-13-14-28-25)30-15-11-20(12-16-30)24(31)29-17-19-3-7-21(26)8-4-19/h3-10,13-14,20H,2,11-12,15-17H2,1H3,(H,29,31). The van der Waals surface area contributed by atoms with Gasteiger partial charge in [-0.1, -0.05) is 31.2 Å².